The Balaban J connectivity index is 2.04. The lowest BCUT2D eigenvalue weighted by molar-refractivity contribution is 0.606. The van der Waals surface area contributed by atoms with Crippen LogP contribution < -0.4 is 5.32 Å². The van der Waals surface area contributed by atoms with E-state index >= 15 is 0 Å². The van der Waals surface area contributed by atoms with Crippen molar-refractivity contribution in [3.8, 4) is 0 Å². The van der Waals surface area contributed by atoms with Gasteiger partial charge in [-0.25, -0.2) is 0 Å². The van der Waals surface area contributed by atoms with E-state index in [-0.39, 0.29) is 0 Å². The predicted molar refractivity (Wildman–Crippen MR) is 90.0 cm³/mol. The molecule has 0 saturated carbocycles. The maximum Gasteiger partial charge on any atom is 0.0417 e. The summed E-state index contributed by atoms with van der Waals surface area (Å²) in [4.78, 5) is 1.19. The van der Waals surface area contributed by atoms with Crippen molar-refractivity contribution in [1.82, 2.24) is 5.32 Å². The van der Waals surface area contributed by atoms with Crippen molar-refractivity contribution >= 4 is 35.0 Å². The van der Waals surface area contributed by atoms with Crippen LogP contribution in [0.1, 0.15) is 18.5 Å². The van der Waals surface area contributed by atoms with Gasteiger partial charge < -0.3 is 5.32 Å². The summed E-state index contributed by atoms with van der Waals surface area (Å²) in [6.07, 6.45) is 0. The first-order valence-corrected chi connectivity index (χ1v) is 8.30. The van der Waals surface area contributed by atoms with E-state index in [0.717, 1.165) is 22.3 Å². The molecule has 1 N–H and O–H groups in total. The van der Waals surface area contributed by atoms with E-state index < -0.39 is 0 Å². The average molecular weight is 326 g/mol. The van der Waals surface area contributed by atoms with Crippen molar-refractivity contribution in [2.75, 3.05) is 12.3 Å². The van der Waals surface area contributed by atoms with Gasteiger partial charge in [-0.05, 0) is 42.4 Å². The third-order valence-corrected chi connectivity index (χ3v) is 4.51. The lowest BCUT2D eigenvalue weighted by atomic mass is 10.1. The smallest absolute Gasteiger partial charge is 0.0417 e. The van der Waals surface area contributed by atoms with Gasteiger partial charge in [0.25, 0.3) is 0 Å². The fourth-order valence-electron chi connectivity index (χ4n) is 1.95. The van der Waals surface area contributed by atoms with Crippen molar-refractivity contribution in [2.24, 2.45) is 0 Å². The largest absolute Gasteiger partial charge is 0.309 e. The molecule has 2 aromatic carbocycles. The molecule has 0 heterocycles. The Labute approximate surface area is 134 Å². The second-order valence-electron chi connectivity index (χ2n) is 4.43. The minimum Gasteiger partial charge on any atom is -0.309 e. The highest BCUT2D eigenvalue weighted by atomic mass is 35.5. The van der Waals surface area contributed by atoms with E-state index in [2.05, 4.69) is 30.4 Å². The number of thioether (sulfide) groups is 1. The van der Waals surface area contributed by atoms with Gasteiger partial charge in [-0.1, -0.05) is 48.3 Å². The molecule has 0 amide bonds. The normalized spacial score (nSPS) is 12.3. The number of nitrogens with one attached hydrogen (secondary N) is 1. The summed E-state index contributed by atoms with van der Waals surface area (Å²) in [5.74, 6) is 0.954. The van der Waals surface area contributed by atoms with Crippen LogP contribution in [0.15, 0.2) is 53.4 Å². The molecule has 4 heteroatoms. The zero-order chi connectivity index (χ0) is 14.4. The minimum atomic E-state index is 0.307. The summed E-state index contributed by atoms with van der Waals surface area (Å²) in [5.41, 5.74) is 1.26. The zero-order valence-corrected chi connectivity index (χ0v) is 13.6. The highest BCUT2D eigenvalue weighted by molar-refractivity contribution is 7.99. The van der Waals surface area contributed by atoms with E-state index in [1.54, 1.807) is 11.8 Å². The van der Waals surface area contributed by atoms with Crippen molar-refractivity contribution < 1.29 is 0 Å². The first-order valence-electron chi connectivity index (χ1n) is 6.56. The van der Waals surface area contributed by atoms with Crippen LogP contribution in [0, 0.1) is 0 Å². The Morgan fingerprint density at radius 3 is 2.45 bits per heavy atom. The molecule has 0 spiro atoms. The summed E-state index contributed by atoms with van der Waals surface area (Å²) in [7, 11) is 0. The second-order valence-corrected chi connectivity index (χ2v) is 6.40. The molecule has 0 radical (unpaired) electrons. The van der Waals surface area contributed by atoms with Gasteiger partial charge >= 0.3 is 0 Å². The fraction of sp³-hybridized carbons (Fsp3) is 0.250. The monoisotopic (exact) mass is 325 g/mol. The number of benzene rings is 2. The van der Waals surface area contributed by atoms with Crippen LogP contribution in [0.5, 0.6) is 0 Å². The Morgan fingerprint density at radius 1 is 1.05 bits per heavy atom. The molecule has 106 valence electrons. The first-order chi connectivity index (χ1) is 9.69. The van der Waals surface area contributed by atoms with Crippen LogP contribution >= 0.6 is 35.0 Å². The number of rotatable bonds is 6. The van der Waals surface area contributed by atoms with Gasteiger partial charge in [0.15, 0.2) is 0 Å². The van der Waals surface area contributed by atoms with Gasteiger partial charge in [0.1, 0.15) is 0 Å². The summed E-state index contributed by atoms with van der Waals surface area (Å²) in [5, 5.41) is 5.06. The molecule has 1 unspecified atom stereocenters. The van der Waals surface area contributed by atoms with Crippen molar-refractivity contribution in [3.05, 3.63) is 64.1 Å². The Kier molecular flexibility index (Phi) is 6.24. The summed E-state index contributed by atoms with van der Waals surface area (Å²) in [6, 6.07) is 16.3. The minimum absolute atomic E-state index is 0.307. The molecule has 1 atom stereocenters. The standard InChI is InChI=1S/C16H17Cl2NS/c1-2-19-16(12-6-8-13(17)9-7-12)11-20-15-5-3-4-14(18)10-15/h3-10,16,19H,2,11H2,1H3. The highest BCUT2D eigenvalue weighted by Crippen LogP contribution is 2.27. The molecule has 0 aliphatic rings. The molecule has 0 aromatic heterocycles. The Bertz CT molecular complexity index is 542. The predicted octanol–water partition coefficient (Wildman–Crippen LogP) is 5.44. The molecular weight excluding hydrogens is 309 g/mol. The van der Waals surface area contributed by atoms with E-state index in [1.165, 1.54) is 10.5 Å². The zero-order valence-electron chi connectivity index (χ0n) is 11.3. The summed E-state index contributed by atoms with van der Waals surface area (Å²) in [6.45, 7) is 3.05. The van der Waals surface area contributed by atoms with E-state index in [9.17, 15) is 0 Å². The molecule has 0 fully saturated rings. The van der Waals surface area contributed by atoms with Gasteiger partial charge in [0, 0.05) is 26.7 Å². The van der Waals surface area contributed by atoms with Gasteiger partial charge in [0.2, 0.25) is 0 Å². The van der Waals surface area contributed by atoms with Crippen LogP contribution in [0.2, 0.25) is 10.0 Å². The van der Waals surface area contributed by atoms with Gasteiger partial charge in [0.05, 0.1) is 0 Å². The molecule has 0 aliphatic heterocycles. The summed E-state index contributed by atoms with van der Waals surface area (Å²) >= 11 is 13.8. The van der Waals surface area contributed by atoms with Gasteiger partial charge in [-0.15, -0.1) is 11.8 Å². The average Bonchev–Trinajstić information content (AvgIpc) is 2.44. The Hall–Kier alpha value is -0.670. The number of hydrogen-bond acceptors (Lipinski definition) is 2. The molecule has 0 saturated heterocycles. The molecule has 0 bridgehead atoms. The maximum atomic E-state index is 6.01. The fourth-order valence-corrected chi connectivity index (χ4v) is 3.39. The number of hydrogen-bond donors (Lipinski definition) is 1. The van der Waals surface area contributed by atoms with Crippen LogP contribution in [0.25, 0.3) is 0 Å². The number of halogens is 2. The molecular formula is C16H17Cl2NS. The SMILES string of the molecule is CCNC(CSc1cccc(Cl)c1)c1ccc(Cl)cc1. The molecule has 2 aromatic rings. The lowest BCUT2D eigenvalue weighted by Crippen LogP contribution is -2.22. The van der Waals surface area contributed by atoms with E-state index in [1.807, 2.05) is 30.3 Å². The van der Waals surface area contributed by atoms with Crippen LogP contribution in [0.4, 0.5) is 0 Å². The maximum absolute atomic E-state index is 6.01. The van der Waals surface area contributed by atoms with Crippen LogP contribution in [-0.4, -0.2) is 12.3 Å². The topological polar surface area (TPSA) is 12.0 Å². The summed E-state index contributed by atoms with van der Waals surface area (Å²) < 4.78 is 0. The highest BCUT2D eigenvalue weighted by Gasteiger charge is 2.10. The third kappa shape index (κ3) is 4.71. The first kappa shape index (κ1) is 15.7. The van der Waals surface area contributed by atoms with E-state index in [0.29, 0.717) is 6.04 Å². The Morgan fingerprint density at radius 2 is 1.80 bits per heavy atom. The van der Waals surface area contributed by atoms with Crippen LogP contribution in [0.3, 0.4) is 0 Å². The van der Waals surface area contributed by atoms with Gasteiger partial charge in [-0.2, -0.15) is 0 Å². The van der Waals surface area contributed by atoms with Crippen molar-refractivity contribution in [3.63, 3.8) is 0 Å². The van der Waals surface area contributed by atoms with Crippen LogP contribution in [-0.2, 0) is 0 Å². The molecule has 1 nitrogen and oxygen atoms in total. The van der Waals surface area contributed by atoms with Crippen molar-refractivity contribution in [2.45, 2.75) is 17.9 Å². The van der Waals surface area contributed by atoms with Gasteiger partial charge in [-0.3, -0.25) is 0 Å². The van der Waals surface area contributed by atoms with Crippen molar-refractivity contribution in [1.29, 1.82) is 0 Å². The second kappa shape index (κ2) is 7.94. The molecule has 20 heavy (non-hydrogen) atoms. The molecule has 2 rings (SSSR count). The third-order valence-electron chi connectivity index (χ3n) is 2.94. The van der Waals surface area contributed by atoms with E-state index in [4.69, 9.17) is 23.2 Å². The lowest BCUT2D eigenvalue weighted by Gasteiger charge is -2.18. The quantitative estimate of drug-likeness (QED) is 0.710. The molecule has 0 aliphatic carbocycles.